The van der Waals surface area contributed by atoms with E-state index in [1.54, 1.807) is 24.3 Å². The second-order valence-corrected chi connectivity index (χ2v) is 5.08. The van der Waals surface area contributed by atoms with Crippen molar-refractivity contribution < 1.29 is 9.90 Å². The van der Waals surface area contributed by atoms with E-state index in [0.717, 1.165) is 22.2 Å². The summed E-state index contributed by atoms with van der Waals surface area (Å²) in [6.45, 7) is 1.83. The van der Waals surface area contributed by atoms with Crippen molar-refractivity contribution in [2.24, 2.45) is 5.73 Å². The van der Waals surface area contributed by atoms with Crippen molar-refractivity contribution >= 4 is 16.9 Å². The molecule has 0 aliphatic rings. The van der Waals surface area contributed by atoms with Crippen LogP contribution in [0, 0.1) is 6.92 Å². The molecule has 1 aromatic heterocycles. The maximum atomic E-state index is 10.9. The molecule has 3 rings (SSSR count). The van der Waals surface area contributed by atoms with Gasteiger partial charge in [0.2, 0.25) is 0 Å². The van der Waals surface area contributed by atoms with Crippen molar-refractivity contribution in [1.29, 1.82) is 0 Å². The lowest BCUT2D eigenvalue weighted by molar-refractivity contribution is 0.0697. The maximum Gasteiger partial charge on any atom is 0.335 e. The summed E-state index contributed by atoms with van der Waals surface area (Å²) in [5, 5.41) is 9.86. The number of hydrogen-bond donors (Lipinski definition) is 2. The number of aryl methyl sites for hydroxylation is 1. The lowest BCUT2D eigenvalue weighted by Crippen LogP contribution is -2.15. The Hall–Kier alpha value is -2.79. The topological polar surface area (TPSA) is 89.1 Å². The predicted molar refractivity (Wildman–Crippen MR) is 83.7 cm³/mol. The van der Waals surface area contributed by atoms with Crippen molar-refractivity contribution in [2.45, 2.75) is 13.0 Å². The van der Waals surface area contributed by atoms with Crippen molar-refractivity contribution in [3.63, 3.8) is 0 Å². The molecule has 1 heterocycles. The van der Waals surface area contributed by atoms with Crippen LogP contribution in [0.2, 0.25) is 0 Å². The SMILES string of the molecule is Cc1nc(C(N)c2ccc(C(=O)O)cc2)c2ccccc2n1. The molecule has 0 fully saturated rings. The first-order valence-electron chi connectivity index (χ1n) is 6.88. The minimum Gasteiger partial charge on any atom is -0.478 e. The van der Waals surface area contributed by atoms with E-state index in [2.05, 4.69) is 9.97 Å². The van der Waals surface area contributed by atoms with Crippen molar-refractivity contribution in [2.75, 3.05) is 0 Å². The van der Waals surface area contributed by atoms with Gasteiger partial charge in [-0.2, -0.15) is 0 Å². The molecule has 3 aromatic rings. The summed E-state index contributed by atoms with van der Waals surface area (Å²) in [5.41, 5.74) is 8.98. The summed E-state index contributed by atoms with van der Waals surface area (Å²) in [7, 11) is 0. The van der Waals surface area contributed by atoms with E-state index >= 15 is 0 Å². The lowest BCUT2D eigenvalue weighted by Gasteiger charge is -2.15. The van der Waals surface area contributed by atoms with Gasteiger partial charge in [0.25, 0.3) is 0 Å². The van der Waals surface area contributed by atoms with E-state index in [1.165, 1.54) is 0 Å². The average molecular weight is 293 g/mol. The van der Waals surface area contributed by atoms with Crippen molar-refractivity contribution in [3.8, 4) is 0 Å². The fourth-order valence-corrected chi connectivity index (χ4v) is 2.45. The second-order valence-electron chi connectivity index (χ2n) is 5.08. The minimum atomic E-state index is -0.955. The molecule has 0 amide bonds. The van der Waals surface area contributed by atoms with Crippen LogP contribution in [0.25, 0.3) is 10.9 Å². The monoisotopic (exact) mass is 293 g/mol. The highest BCUT2D eigenvalue weighted by molar-refractivity contribution is 5.87. The summed E-state index contributed by atoms with van der Waals surface area (Å²) >= 11 is 0. The Morgan fingerprint density at radius 2 is 1.77 bits per heavy atom. The molecule has 0 saturated carbocycles. The minimum absolute atomic E-state index is 0.236. The van der Waals surface area contributed by atoms with Gasteiger partial charge in [-0.25, -0.2) is 14.8 Å². The fourth-order valence-electron chi connectivity index (χ4n) is 2.45. The van der Waals surface area contributed by atoms with Crippen molar-refractivity contribution in [1.82, 2.24) is 9.97 Å². The maximum absolute atomic E-state index is 10.9. The van der Waals surface area contributed by atoms with Gasteiger partial charge in [0.1, 0.15) is 5.82 Å². The molecular formula is C17H15N3O2. The Bertz CT molecular complexity index is 844. The van der Waals surface area contributed by atoms with Crippen LogP contribution >= 0.6 is 0 Å². The average Bonchev–Trinajstić information content (AvgIpc) is 2.53. The number of nitrogens with two attached hydrogens (primary N) is 1. The smallest absolute Gasteiger partial charge is 0.335 e. The Morgan fingerprint density at radius 1 is 1.09 bits per heavy atom. The zero-order valence-corrected chi connectivity index (χ0v) is 12.0. The Kier molecular flexibility index (Phi) is 3.56. The first-order valence-corrected chi connectivity index (χ1v) is 6.88. The molecule has 0 spiro atoms. The third-order valence-corrected chi connectivity index (χ3v) is 3.56. The Morgan fingerprint density at radius 3 is 2.45 bits per heavy atom. The highest BCUT2D eigenvalue weighted by Gasteiger charge is 2.15. The molecule has 5 heteroatoms. The molecule has 0 saturated heterocycles. The van der Waals surface area contributed by atoms with Gasteiger partial charge >= 0.3 is 5.97 Å². The van der Waals surface area contributed by atoms with Gasteiger partial charge in [-0.3, -0.25) is 0 Å². The number of fused-ring (bicyclic) bond motifs is 1. The summed E-state index contributed by atoms with van der Waals surface area (Å²) in [4.78, 5) is 19.8. The first kappa shape index (κ1) is 14.2. The molecule has 0 aliphatic heterocycles. The van der Waals surface area contributed by atoms with Gasteiger partial charge in [0.15, 0.2) is 0 Å². The van der Waals surface area contributed by atoms with Gasteiger partial charge in [-0.15, -0.1) is 0 Å². The molecule has 1 atom stereocenters. The summed E-state index contributed by atoms with van der Waals surface area (Å²) < 4.78 is 0. The second kappa shape index (κ2) is 5.54. The van der Waals surface area contributed by atoms with E-state index in [9.17, 15) is 4.79 Å². The number of para-hydroxylation sites is 1. The summed E-state index contributed by atoms with van der Waals surface area (Å²) in [5.74, 6) is -0.297. The number of aromatic nitrogens is 2. The standard InChI is InChI=1S/C17H15N3O2/c1-10-19-14-5-3-2-4-13(14)16(20-10)15(18)11-6-8-12(9-7-11)17(21)22/h2-9,15H,18H2,1H3,(H,21,22). The lowest BCUT2D eigenvalue weighted by atomic mass is 9.99. The molecule has 1 unspecified atom stereocenters. The summed E-state index contributed by atoms with van der Waals surface area (Å²) in [6, 6.07) is 13.8. The molecule has 2 aromatic carbocycles. The number of carboxylic acids is 1. The number of carboxylic acid groups (broad SMARTS) is 1. The van der Waals surface area contributed by atoms with Gasteiger partial charge in [-0.05, 0) is 30.7 Å². The molecule has 5 nitrogen and oxygen atoms in total. The zero-order chi connectivity index (χ0) is 15.7. The van der Waals surface area contributed by atoms with E-state index in [1.807, 2.05) is 31.2 Å². The van der Waals surface area contributed by atoms with Gasteiger partial charge in [-0.1, -0.05) is 30.3 Å². The van der Waals surface area contributed by atoms with Gasteiger partial charge in [0.05, 0.1) is 22.8 Å². The normalized spacial score (nSPS) is 12.3. The number of hydrogen-bond acceptors (Lipinski definition) is 4. The highest BCUT2D eigenvalue weighted by atomic mass is 16.4. The number of benzene rings is 2. The van der Waals surface area contributed by atoms with Crippen LogP contribution in [0.1, 0.15) is 33.5 Å². The third-order valence-electron chi connectivity index (χ3n) is 3.56. The Labute approximate surface area is 127 Å². The van der Waals surface area contributed by atoms with Gasteiger partial charge < -0.3 is 10.8 Å². The number of rotatable bonds is 3. The van der Waals surface area contributed by atoms with Crippen LogP contribution in [0.4, 0.5) is 0 Å². The molecule has 0 radical (unpaired) electrons. The number of nitrogens with zero attached hydrogens (tertiary/aromatic N) is 2. The summed E-state index contributed by atoms with van der Waals surface area (Å²) in [6.07, 6.45) is 0. The molecule has 0 bridgehead atoms. The molecule has 22 heavy (non-hydrogen) atoms. The third kappa shape index (κ3) is 2.54. The van der Waals surface area contributed by atoms with Crippen LogP contribution < -0.4 is 5.73 Å². The molecule has 3 N–H and O–H groups in total. The fraction of sp³-hybridized carbons (Fsp3) is 0.118. The number of aromatic carboxylic acids is 1. The van der Waals surface area contributed by atoms with E-state index < -0.39 is 12.0 Å². The molecular weight excluding hydrogens is 278 g/mol. The van der Waals surface area contributed by atoms with Gasteiger partial charge in [0, 0.05) is 5.39 Å². The van der Waals surface area contributed by atoms with Crippen LogP contribution in [0.3, 0.4) is 0 Å². The zero-order valence-electron chi connectivity index (χ0n) is 12.0. The highest BCUT2D eigenvalue weighted by Crippen LogP contribution is 2.25. The molecule has 110 valence electrons. The number of carbonyl (C=O) groups is 1. The van der Waals surface area contributed by atoms with Crippen LogP contribution in [-0.4, -0.2) is 21.0 Å². The van der Waals surface area contributed by atoms with Crippen LogP contribution in [-0.2, 0) is 0 Å². The predicted octanol–water partition coefficient (Wildman–Crippen LogP) is 2.68. The van der Waals surface area contributed by atoms with E-state index in [-0.39, 0.29) is 5.56 Å². The first-order chi connectivity index (χ1) is 10.6. The van der Waals surface area contributed by atoms with Crippen LogP contribution in [0.15, 0.2) is 48.5 Å². The largest absolute Gasteiger partial charge is 0.478 e. The Balaban J connectivity index is 2.08. The van der Waals surface area contributed by atoms with Crippen LogP contribution in [0.5, 0.6) is 0 Å². The van der Waals surface area contributed by atoms with Crippen molar-refractivity contribution in [3.05, 3.63) is 71.2 Å². The van der Waals surface area contributed by atoms with E-state index in [4.69, 9.17) is 10.8 Å². The van der Waals surface area contributed by atoms with E-state index in [0.29, 0.717) is 5.82 Å². The quantitative estimate of drug-likeness (QED) is 0.775. The molecule has 0 aliphatic carbocycles.